The number of nitrogens with zero attached hydrogens (tertiary/aromatic N) is 2. The Kier molecular flexibility index (Phi) is 7.72. The number of ketones is 1. The molecular weight excluding hydrogens is 578 g/mol. The van der Waals surface area contributed by atoms with Crippen LogP contribution in [0.3, 0.4) is 0 Å². The highest BCUT2D eigenvalue weighted by molar-refractivity contribution is 9.10. The van der Waals surface area contributed by atoms with E-state index in [1.54, 1.807) is 7.11 Å². The van der Waals surface area contributed by atoms with Gasteiger partial charge in [0.05, 0.1) is 30.4 Å². The molecule has 2 N–H and O–H groups in total. The van der Waals surface area contributed by atoms with Gasteiger partial charge in [0.25, 0.3) is 0 Å². The van der Waals surface area contributed by atoms with Crippen molar-refractivity contribution in [1.29, 1.82) is 5.26 Å². The Balaban J connectivity index is 1.64. The summed E-state index contributed by atoms with van der Waals surface area (Å²) in [6, 6.07) is 21.8. The van der Waals surface area contributed by atoms with E-state index in [9.17, 15) is 10.1 Å². The minimum Gasteiger partial charge on any atom is -0.497 e. The molecule has 1 aliphatic carbocycles. The van der Waals surface area contributed by atoms with Crippen LogP contribution in [-0.4, -0.2) is 12.9 Å². The number of carbonyl (C=O) groups excluding carboxylic acids is 1. The lowest BCUT2D eigenvalue weighted by Gasteiger charge is -2.44. The lowest BCUT2D eigenvalue weighted by molar-refractivity contribution is -0.118. The molecule has 1 aliphatic heterocycles. The molecule has 5 rings (SSSR count). The summed E-state index contributed by atoms with van der Waals surface area (Å²) in [5.41, 5.74) is 13.3. The number of nitriles is 1. The molecule has 0 saturated heterocycles. The molecule has 0 bridgehead atoms. The van der Waals surface area contributed by atoms with Crippen LogP contribution in [0.1, 0.15) is 54.9 Å². The molecule has 0 radical (unpaired) electrons. The first kappa shape index (κ1) is 28.5. The first-order chi connectivity index (χ1) is 19.5. The van der Waals surface area contributed by atoms with E-state index in [0.717, 1.165) is 49.6 Å². The first-order valence-electron chi connectivity index (χ1n) is 13.6. The number of carbonyl (C=O) groups is 1. The molecule has 0 fully saturated rings. The van der Waals surface area contributed by atoms with E-state index in [-0.39, 0.29) is 11.2 Å². The van der Waals surface area contributed by atoms with Crippen molar-refractivity contribution in [3.63, 3.8) is 0 Å². The number of Topliss-reactive ketones (excluding diaryl/α,β-unsaturated/α-hetero) is 1. The Labute approximate surface area is 250 Å². The SMILES string of the molecule is COc1ccc(OCc2cc(C3C(C#N)=C(N)N(c4ccccc4Br)C4=C3C(=O)CC(C)(C)C4)c(C)cc2C)cc1. The Hall–Kier alpha value is -4.02. The van der Waals surface area contributed by atoms with Crippen molar-refractivity contribution in [3.05, 3.63) is 110 Å². The van der Waals surface area contributed by atoms with Gasteiger partial charge in [0.1, 0.15) is 23.9 Å². The fraction of sp³-hybridized carbons (Fsp3) is 0.294. The van der Waals surface area contributed by atoms with Crippen molar-refractivity contribution in [2.45, 2.75) is 53.1 Å². The Bertz CT molecular complexity index is 1630. The van der Waals surface area contributed by atoms with Crippen LogP contribution in [0.25, 0.3) is 0 Å². The number of hydrogen-bond donors (Lipinski definition) is 1. The van der Waals surface area contributed by atoms with Crippen molar-refractivity contribution in [1.82, 2.24) is 0 Å². The number of rotatable bonds is 6. The molecule has 0 spiro atoms. The lowest BCUT2D eigenvalue weighted by atomic mass is 9.68. The number of anilines is 1. The molecule has 7 heteroatoms. The fourth-order valence-electron chi connectivity index (χ4n) is 5.94. The van der Waals surface area contributed by atoms with Gasteiger partial charge in [0, 0.05) is 22.2 Å². The number of nitrogens with two attached hydrogens (primary N) is 1. The van der Waals surface area contributed by atoms with Gasteiger partial charge >= 0.3 is 0 Å². The smallest absolute Gasteiger partial charge is 0.162 e. The summed E-state index contributed by atoms with van der Waals surface area (Å²) in [6.07, 6.45) is 1.06. The third-order valence-electron chi connectivity index (χ3n) is 7.96. The summed E-state index contributed by atoms with van der Waals surface area (Å²) in [5.74, 6) is 1.33. The van der Waals surface area contributed by atoms with E-state index in [4.69, 9.17) is 15.2 Å². The maximum absolute atomic E-state index is 14.0. The van der Waals surface area contributed by atoms with Crippen molar-refractivity contribution in [2.75, 3.05) is 12.0 Å². The zero-order chi connectivity index (χ0) is 29.5. The van der Waals surface area contributed by atoms with Crippen molar-refractivity contribution >= 4 is 27.4 Å². The van der Waals surface area contributed by atoms with E-state index >= 15 is 0 Å². The van der Waals surface area contributed by atoms with Crippen LogP contribution in [0.4, 0.5) is 5.69 Å². The molecule has 0 saturated carbocycles. The zero-order valence-electron chi connectivity index (χ0n) is 24.0. The molecule has 1 atom stereocenters. The molecule has 0 aromatic heterocycles. The summed E-state index contributed by atoms with van der Waals surface area (Å²) in [7, 11) is 1.63. The first-order valence-corrected chi connectivity index (χ1v) is 14.4. The Morgan fingerprint density at radius 1 is 1.05 bits per heavy atom. The predicted octanol–water partition coefficient (Wildman–Crippen LogP) is 7.59. The summed E-state index contributed by atoms with van der Waals surface area (Å²) >= 11 is 3.66. The van der Waals surface area contributed by atoms with Crippen molar-refractivity contribution in [2.24, 2.45) is 11.1 Å². The topological polar surface area (TPSA) is 88.6 Å². The second-order valence-electron chi connectivity index (χ2n) is 11.5. The summed E-state index contributed by atoms with van der Waals surface area (Å²) in [6.45, 7) is 8.63. The molecule has 1 unspecified atom stereocenters. The minimum absolute atomic E-state index is 0.0505. The van der Waals surface area contributed by atoms with Gasteiger partial charge < -0.3 is 15.2 Å². The second-order valence-corrected chi connectivity index (χ2v) is 12.4. The number of allylic oxidation sites excluding steroid dienone is 3. The van der Waals surface area contributed by atoms with Gasteiger partial charge in [-0.1, -0.05) is 38.1 Å². The van der Waals surface area contributed by atoms with Crippen LogP contribution in [-0.2, 0) is 11.4 Å². The monoisotopic (exact) mass is 611 g/mol. The van der Waals surface area contributed by atoms with Gasteiger partial charge in [0.2, 0.25) is 0 Å². The Morgan fingerprint density at radius 3 is 2.39 bits per heavy atom. The number of benzene rings is 3. The molecule has 3 aromatic carbocycles. The van der Waals surface area contributed by atoms with Crippen LogP contribution in [0.15, 0.2) is 87.8 Å². The molecule has 0 amide bonds. The van der Waals surface area contributed by atoms with Crippen molar-refractivity contribution in [3.8, 4) is 17.6 Å². The van der Waals surface area contributed by atoms with Crippen LogP contribution in [0.2, 0.25) is 0 Å². The van der Waals surface area contributed by atoms with Gasteiger partial charge in [-0.15, -0.1) is 0 Å². The van der Waals surface area contributed by atoms with Crippen LogP contribution in [0.5, 0.6) is 11.5 Å². The highest BCUT2D eigenvalue weighted by atomic mass is 79.9. The average Bonchev–Trinajstić information content (AvgIpc) is 2.92. The van der Waals surface area contributed by atoms with Crippen LogP contribution >= 0.6 is 15.9 Å². The van der Waals surface area contributed by atoms with Gasteiger partial charge in [-0.05, 0) is 100 Å². The minimum atomic E-state index is -0.558. The van der Waals surface area contributed by atoms with Gasteiger partial charge in [-0.25, -0.2) is 0 Å². The quantitative estimate of drug-likeness (QED) is 0.309. The van der Waals surface area contributed by atoms with Gasteiger partial charge in [0.15, 0.2) is 5.78 Å². The third kappa shape index (κ3) is 5.37. The van der Waals surface area contributed by atoms with Gasteiger partial charge in [-0.3, -0.25) is 9.69 Å². The number of methoxy groups -OCH3 is 1. The normalized spacial score (nSPS) is 18.2. The molecule has 3 aromatic rings. The van der Waals surface area contributed by atoms with Crippen LogP contribution < -0.4 is 20.1 Å². The Morgan fingerprint density at radius 2 is 1.73 bits per heavy atom. The molecule has 6 nitrogen and oxygen atoms in total. The number of halogens is 1. The van der Waals surface area contributed by atoms with E-state index in [1.165, 1.54) is 0 Å². The lowest BCUT2D eigenvalue weighted by Crippen LogP contribution is -2.42. The van der Waals surface area contributed by atoms with E-state index in [0.29, 0.717) is 36.4 Å². The highest BCUT2D eigenvalue weighted by Gasteiger charge is 2.45. The maximum Gasteiger partial charge on any atom is 0.162 e. The number of para-hydroxylation sites is 1. The fourth-order valence-corrected chi connectivity index (χ4v) is 6.41. The highest BCUT2D eigenvalue weighted by Crippen LogP contribution is 2.51. The molecular formula is C34H34BrN3O3. The van der Waals surface area contributed by atoms with E-state index < -0.39 is 5.92 Å². The van der Waals surface area contributed by atoms with Gasteiger partial charge in [-0.2, -0.15) is 5.26 Å². The molecule has 1 heterocycles. The van der Waals surface area contributed by atoms with Crippen molar-refractivity contribution < 1.29 is 14.3 Å². The summed E-state index contributed by atoms with van der Waals surface area (Å²) in [4.78, 5) is 15.9. The van der Waals surface area contributed by atoms with E-state index in [2.05, 4.69) is 48.0 Å². The number of ether oxygens (including phenoxy) is 2. The average molecular weight is 613 g/mol. The number of hydrogen-bond acceptors (Lipinski definition) is 6. The van der Waals surface area contributed by atoms with E-state index in [1.807, 2.05) is 67.3 Å². The third-order valence-corrected chi connectivity index (χ3v) is 8.63. The zero-order valence-corrected chi connectivity index (χ0v) is 25.6. The van der Waals surface area contributed by atoms with Crippen LogP contribution in [0, 0.1) is 30.6 Å². The standard InChI is InChI=1S/C34H34BrN3O3/c1-20-14-21(2)25(15-22(20)19-41-24-12-10-23(40-5)11-13-24)31-26(18-36)33(37)38(28-9-7-6-8-27(28)35)29-16-34(3,4)17-30(39)32(29)31/h6-15,31H,16-17,19,37H2,1-5H3. The maximum atomic E-state index is 14.0. The molecule has 210 valence electrons. The molecule has 41 heavy (non-hydrogen) atoms. The predicted molar refractivity (Wildman–Crippen MR) is 164 cm³/mol. The summed E-state index contributed by atoms with van der Waals surface area (Å²) < 4.78 is 12.2. The largest absolute Gasteiger partial charge is 0.497 e. The second kappa shape index (κ2) is 11.1. The number of aryl methyl sites for hydroxylation is 2. The molecule has 2 aliphatic rings. The summed E-state index contributed by atoms with van der Waals surface area (Å²) in [5, 5.41) is 10.5.